The summed E-state index contributed by atoms with van der Waals surface area (Å²) in [6.07, 6.45) is 8.72. The second-order valence-electron chi connectivity index (χ2n) is 10.7. The molecule has 0 saturated carbocycles. The van der Waals surface area contributed by atoms with Gasteiger partial charge in [0.2, 0.25) is 5.91 Å². The molecule has 3 aromatic rings. The molecule has 1 aromatic heterocycles. The van der Waals surface area contributed by atoms with Gasteiger partial charge in [0.25, 0.3) is 0 Å². The Morgan fingerprint density at radius 3 is 2.42 bits per heavy atom. The first kappa shape index (κ1) is 29.2. The zero-order valence-corrected chi connectivity index (χ0v) is 25.1. The predicted molar refractivity (Wildman–Crippen MR) is 160 cm³/mol. The van der Waals surface area contributed by atoms with Crippen molar-refractivity contribution in [3.05, 3.63) is 75.2 Å². The molecule has 7 nitrogen and oxygen atoms in total. The van der Waals surface area contributed by atoms with Gasteiger partial charge in [0, 0.05) is 40.6 Å². The van der Waals surface area contributed by atoms with E-state index >= 15 is 0 Å². The molecule has 1 amide bonds. The van der Waals surface area contributed by atoms with Crippen molar-refractivity contribution in [3.8, 4) is 5.75 Å². The number of piperidine rings is 1. The first-order valence-electron chi connectivity index (χ1n) is 14.2. The average Bonchev–Trinajstić information content (AvgIpc) is 3.68. The van der Waals surface area contributed by atoms with E-state index in [0.717, 1.165) is 43.7 Å². The van der Waals surface area contributed by atoms with Crippen molar-refractivity contribution in [1.82, 2.24) is 24.6 Å². The molecule has 0 radical (unpaired) electrons. The van der Waals surface area contributed by atoms with Gasteiger partial charge in [0.1, 0.15) is 31.1 Å². The summed E-state index contributed by atoms with van der Waals surface area (Å²) in [5.74, 6) is 1.17. The third-order valence-corrected chi connectivity index (χ3v) is 9.07. The van der Waals surface area contributed by atoms with Crippen LogP contribution in [0.1, 0.15) is 62.1 Å². The maximum absolute atomic E-state index is 13.8. The molecule has 0 aliphatic carbocycles. The summed E-state index contributed by atoms with van der Waals surface area (Å²) in [6.45, 7) is 6.49. The first-order chi connectivity index (χ1) is 19.4. The molecule has 214 valence electrons. The fraction of sp³-hybridized carbons (Fsp3) is 0.500. The van der Waals surface area contributed by atoms with Crippen molar-refractivity contribution < 1.29 is 9.53 Å². The van der Waals surface area contributed by atoms with Crippen LogP contribution in [0.5, 0.6) is 5.75 Å². The smallest absolute Gasteiger partial charge is 0.247 e. The van der Waals surface area contributed by atoms with E-state index < -0.39 is 6.04 Å². The number of carbonyl (C=O) groups is 1. The molecular weight excluding hydrogens is 569 g/mol. The summed E-state index contributed by atoms with van der Waals surface area (Å²) >= 11 is 18.9. The lowest BCUT2D eigenvalue weighted by Gasteiger charge is -2.35. The molecule has 0 N–H and O–H groups in total. The minimum Gasteiger partial charge on any atom is -0.492 e. The van der Waals surface area contributed by atoms with Crippen LogP contribution in [0, 0.1) is 0 Å². The van der Waals surface area contributed by atoms with Crippen molar-refractivity contribution in [2.75, 3.05) is 32.8 Å². The summed E-state index contributed by atoms with van der Waals surface area (Å²) in [4.78, 5) is 22.3. The van der Waals surface area contributed by atoms with Crippen LogP contribution in [-0.4, -0.2) is 69.3 Å². The molecule has 40 heavy (non-hydrogen) atoms. The SMILES string of the molecule is CC[C@H](COc1cc(Cl)ccc1C1CCN(C(=O)[C@@H](Cc2ccc(Cl)cc2Cl)n2cncn2)CC1)N1CCCC1. The van der Waals surface area contributed by atoms with E-state index in [4.69, 9.17) is 39.5 Å². The molecule has 2 fully saturated rings. The normalized spacial score (nSPS) is 18.1. The number of hydrogen-bond donors (Lipinski definition) is 0. The Morgan fingerprint density at radius 2 is 1.75 bits per heavy atom. The summed E-state index contributed by atoms with van der Waals surface area (Å²) in [5.41, 5.74) is 2.02. The molecule has 5 rings (SSSR count). The van der Waals surface area contributed by atoms with Gasteiger partial charge in [-0.2, -0.15) is 5.10 Å². The number of carbonyl (C=O) groups excluding carboxylic acids is 1. The lowest BCUT2D eigenvalue weighted by atomic mass is 9.88. The molecule has 3 heterocycles. The Bertz CT molecular complexity index is 1270. The molecule has 0 bridgehead atoms. The second-order valence-corrected chi connectivity index (χ2v) is 12.0. The zero-order valence-electron chi connectivity index (χ0n) is 22.8. The number of nitrogens with zero attached hydrogens (tertiary/aromatic N) is 5. The van der Waals surface area contributed by atoms with E-state index in [0.29, 0.717) is 53.1 Å². The van der Waals surface area contributed by atoms with Gasteiger partial charge in [-0.3, -0.25) is 9.69 Å². The monoisotopic (exact) mass is 603 g/mol. The van der Waals surface area contributed by atoms with Gasteiger partial charge in [0.15, 0.2) is 0 Å². The highest BCUT2D eigenvalue weighted by Gasteiger charge is 2.32. The van der Waals surface area contributed by atoms with Crippen molar-refractivity contribution in [1.29, 1.82) is 0 Å². The van der Waals surface area contributed by atoms with E-state index in [1.54, 1.807) is 23.1 Å². The minimum atomic E-state index is -0.538. The third kappa shape index (κ3) is 6.93. The van der Waals surface area contributed by atoms with Crippen molar-refractivity contribution in [2.45, 2.75) is 63.5 Å². The number of ether oxygens (including phenoxy) is 1. The molecule has 2 aromatic carbocycles. The van der Waals surface area contributed by atoms with Crippen LogP contribution in [0.3, 0.4) is 0 Å². The molecule has 2 aliphatic heterocycles. The van der Waals surface area contributed by atoms with Gasteiger partial charge in [-0.25, -0.2) is 9.67 Å². The largest absolute Gasteiger partial charge is 0.492 e. The standard InChI is InChI=1S/C30H36Cl3N5O2/c1-2-25(36-11-3-4-12-36)18-40-29-17-24(32)7-8-26(29)21-9-13-37(14-10-21)30(39)28(38-20-34-19-35-38)15-22-5-6-23(31)16-27(22)33/h5-8,16-17,19-21,25,28H,2-4,9-15,18H2,1H3/t25-,28-/m1/s1. The predicted octanol–water partition coefficient (Wildman–Crippen LogP) is 6.68. The molecule has 0 spiro atoms. The van der Waals surface area contributed by atoms with Crippen LogP contribution < -0.4 is 4.74 Å². The van der Waals surface area contributed by atoms with Crippen molar-refractivity contribution >= 4 is 40.7 Å². The van der Waals surface area contributed by atoms with Crippen LogP contribution in [0.4, 0.5) is 0 Å². The Hall–Kier alpha value is -2.32. The van der Waals surface area contributed by atoms with E-state index in [-0.39, 0.29) is 5.91 Å². The van der Waals surface area contributed by atoms with Crippen LogP contribution in [0.2, 0.25) is 15.1 Å². The fourth-order valence-electron chi connectivity index (χ4n) is 5.93. The number of amides is 1. The molecule has 2 saturated heterocycles. The van der Waals surface area contributed by atoms with E-state index in [1.807, 2.05) is 23.1 Å². The number of aromatic nitrogens is 3. The minimum absolute atomic E-state index is 0.0129. The molecule has 2 atom stereocenters. The molecule has 0 unspecified atom stereocenters. The molecule has 2 aliphatic rings. The summed E-state index contributed by atoms with van der Waals surface area (Å²) < 4.78 is 8.06. The third-order valence-electron chi connectivity index (χ3n) is 8.25. The van der Waals surface area contributed by atoms with Gasteiger partial charge in [0.05, 0.1) is 0 Å². The van der Waals surface area contributed by atoms with Crippen molar-refractivity contribution in [2.24, 2.45) is 0 Å². The number of halogens is 3. The van der Waals surface area contributed by atoms with E-state index in [1.165, 1.54) is 24.7 Å². The molecular formula is C30H36Cl3N5O2. The highest BCUT2D eigenvalue weighted by Crippen LogP contribution is 2.37. The van der Waals surface area contributed by atoms with Crippen LogP contribution >= 0.6 is 34.8 Å². The first-order valence-corrected chi connectivity index (χ1v) is 15.3. The van der Waals surface area contributed by atoms with Gasteiger partial charge < -0.3 is 9.64 Å². The van der Waals surface area contributed by atoms with Gasteiger partial charge >= 0.3 is 0 Å². The number of rotatable bonds is 10. The van der Waals surface area contributed by atoms with Crippen LogP contribution in [0.25, 0.3) is 0 Å². The van der Waals surface area contributed by atoms with Gasteiger partial charge in [-0.05, 0) is 86.5 Å². The Balaban J connectivity index is 1.25. The second kappa shape index (κ2) is 13.6. The lowest BCUT2D eigenvalue weighted by Crippen LogP contribution is -2.43. The average molecular weight is 605 g/mol. The lowest BCUT2D eigenvalue weighted by molar-refractivity contribution is -0.136. The zero-order chi connectivity index (χ0) is 28.1. The van der Waals surface area contributed by atoms with Crippen molar-refractivity contribution in [3.63, 3.8) is 0 Å². The highest BCUT2D eigenvalue weighted by molar-refractivity contribution is 6.35. The Kier molecular flexibility index (Phi) is 9.89. The number of hydrogen-bond acceptors (Lipinski definition) is 5. The van der Waals surface area contributed by atoms with Crippen LogP contribution in [0.15, 0.2) is 49.1 Å². The fourth-order valence-corrected chi connectivity index (χ4v) is 6.58. The maximum Gasteiger partial charge on any atom is 0.247 e. The van der Waals surface area contributed by atoms with Gasteiger partial charge in [-0.1, -0.05) is 53.9 Å². The maximum atomic E-state index is 13.8. The van der Waals surface area contributed by atoms with Gasteiger partial charge in [-0.15, -0.1) is 0 Å². The van der Waals surface area contributed by atoms with E-state index in [2.05, 4.69) is 28.0 Å². The summed E-state index contributed by atoms with van der Waals surface area (Å²) in [7, 11) is 0. The summed E-state index contributed by atoms with van der Waals surface area (Å²) in [6, 6.07) is 11.2. The van der Waals surface area contributed by atoms with E-state index in [9.17, 15) is 4.79 Å². The topological polar surface area (TPSA) is 63.5 Å². The number of benzene rings is 2. The molecule has 10 heteroatoms. The van der Waals surface area contributed by atoms with Crippen LogP contribution in [-0.2, 0) is 11.2 Å². The number of likely N-dealkylation sites (tertiary alicyclic amines) is 2. The quantitative estimate of drug-likeness (QED) is 0.258. The highest BCUT2D eigenvalue weighted by atomic mass is 35.5. The Labute approximate surface area is 251 Å². The summed E-state index contributed by atoms with van der Waals surface area (Å²) in [5, 5.41) is 6.06. The Morgan fingerprint density at radius 1 is 1.02 bits per heavy atom.